The Labute approximate surface area is 180 Å². The first kappa shape index (κ1) is 19.7. The summed E-state index contributed by atoms with van der Waals surface area (Å²) in [6.45, 7) is 0.478. The quantitative estimate of drug-likeness (QED) is 0.442. The maximum absolute atomic E-state index is 13.0. The number of nitrogens with zero attached hydrogens (tertiary/aromatic N) is 5. The van der Waals surface area contributed by atoms with E-state index in [-0.39, 0.29) is 13.1 Å². The standard InChI is InChI=1S/C21H18F2N6OS/c22-21(23)12-28(13-21)6-4-24-19-9-14(11-30)8-17(26-19)15-10-25-29-5-3-16(27-20(15)29)18-2-1-7-31-18/h1-3,5,7-11H,4,6,12-13H2,(H,24,26). The Morgan fingerprint density at radius 1 is 1.19 bits per heavy atom. The molecule has 1 aliphatic heterocycles. The van der Waals surface area contributed by atoms with Gasteiger partial charge in [-0.1, -0.05) is 6.07 Å². The second-order valence-electron chi connectivity index (χ2n) is 7.40. The second kappa shape index (κ2) is 7.78. The minimum atomic E-state index is -2.58. The molecule has 5 heterocycles. The average Bonchev–Trinajstić information content (AvgIpc) is 3.41. The summed E-state index contributed by atoms with van der Waals surface area (Å²) in [5.74, 6) is -2.08. The fourth-order valence-corrected chi connectivity index (χ4v) is 4.26. The van der Waals surface area contributed by atoms with Crippen LogP contribution in [0.25, 0.3) is 27.5 Å². The number of aromatic nitrogens is 4. The summed E-state index contributed by atoms with van der Waals surface area (Å²) >= 11 is 1.60. The molecule has 0 saturated carbocycles. The number of nitrogens with one attached hydrogen (secondary N) is 1. The molecule has 1 fully saturated rings. The van der Waals surface area contributed by atoms with Crippen LogP contribution in [0.15, 0.2) is 48.1 Å². The Morgan fingerprint density at radius 2 is 2.06 bits per heavy atom. The van der Waals surface area contributed by atoms with E-state index in [1.165, 1.54) is 0 Å². The molecule has 31 heavy (non-hydrogen) atoms. The first-order valence-corrected chi connectivity index (χ1v) is 10.6. The van der Waals surface area contributed by atoms with Gasteiger partial charge in [-0.25, -0.2) is 23.3 Å². The van der Waals surface area contributed by atoms with Gasteiger partial charge in [-0.3, -0.25) is 9.69 Å². The van der Waals surface area contributed by atoms with Crippen LogP contribution in [-0.4, -0.2) is 62.9 Å². The van der Waals surface area contributed by atoms with E-state index in [1.54, 1.807) is 39.1 Å². The Kier molecular flexibility index (Phi) is 4.95. The van der Waals surface area contributed by atoms with Gasteiger partial charge in [-0.05, 0) is 29.6 Å². The molecule has 10 heteroatoms. The van der Waals surface area contributed by atoms with Crippen molar-refractivity contribution in [1.82, 2.24) is 24.5 Å². The molecular weight excluding hydrogens is 422 g/mol. The van der Waals surface area contributed by atoms with Gasteiger partial charge in [-0.2, -0.15) is 5.10 Å². The summed E-state index contributed by atoms with van der Waals surface area (Å²) in [6, 6.07) is 9.19. The number of alkyl halides is 2. The van der Waals surface area contributed by atoms with Gasteiger partial charge in [0.15, 0.2) is 5.65 Å². The average molecular weight is 440 g/mol. The van der Waals surface area contributed by atoms with E-state index in [2.05, 4.69) is 15.4 Å². The molecule has 0 spiro atoms. The van der Waals surface area contributed by atoms with Crippen molar-refractivity contribution in [2.24, 2.45) is 0 Å². The summed E-state index contributed by atoms with van der Waals surface area (Å²) in [5.41, 5.74) is 3.19. The van der Waals surface area contributed by atoms with Crippen molar-refractivity contribution < 1.29 is 13.6 Å². The third-order valence-corrected chi connectivity index (χ3v) is 5.94. The van der Waals surface area contributed by atoms with E-state index in [1.807, 2.05) is 29.8 Å². The smallest absolute Gasteiger partial charge is 0.272 e. The van der Waals surface area contributed by atoms with Crippen molar-refractivity contribution in [2.75, 3.05) is 31.5 Å². The van der Waals surface area contributed by atoms with E-state index in [9.17, 15) is 13.6 Å². The molecule has 0 atom stereocenters. The van der Waals surface area contributed by atoms with Crippen LogP contribution in [0.3, 0.4) is 0 Å². The third kappa shape index (κ3) is 4.04. The summed E-state index contributed by atoms with van der Waals surface area (Å²) < 4.78 is 27.6. The number of carbonyl (C=O) groups is 1. The zero-order valence-electron chi connectivity index (χ0n) is 16.3. The lowest BCUT2D eigenvalue weighted by Crippen LogP contribution is -2.57. The molecule has 1 aliphatic rings. The lowest BCUT2D eigenvalue weighted by molar-refractivity contribution is -0.128. The molecule has 1 N–H and O–H groups in total. The molecule has 158 valence electrons. The van der Waals surface area contributed by atoms with Gasteiger partial charge in [0.25, 0.3) is 5.92 Å². The van der Waals surface area contributed by atoms with E-state index >= 15 is 0 Å². The predicted molar refractivity (Wildman–Crippen MR) is 115 cm³/mol. The van der Waals surface area contributed by atoms with Crippen LogP contribution in [0, 0.1) is 0 Å². The fourth-order valence-electron chi connectivity index (χ4n) is 3.57. The van der Waals surface area contributed by atoms with Crippen LogP contribution in [0.2, 0.25) is 0 Å². The molecule has 4 aromatic heterocycles. The van der Waals surface area contributed by atoms with Crippen molar-refractivity contribution in [2.45, 2.75) is 5.92 Å². The Balaban J connectivity index is 1.41. The van der Waals surface area contributed by atoms with Gasteiger partial charge in [-0.15, -0.1) is 11.3 Å². The number of fused-ring (bicyclic) bond motifs is 1. The number of halogens is 2. The lowest BCUT2D eigenvalue weighted by atomic mass is 10.1. The highest BCUT2D eigenvalue weighted by Gasteiger charge is 2.43. The third-order valence-electron chi connectivity index (χ3n) is 5.05. The minimum absolute atomic E-state index is 0.220. The Bertz CT molecular complexity index is 1230. The molecular formula is C21H18F2N6OS. The molecule has 0 amide bonds. The summed E-state index contributed by atoms with van der Waals surface area (Å²) in [4.78, 5) is 23.5. The van der Waals surface area contributed by atoms with Crippen molar-refractivity contribution in [3.63, 3.8) is 0 Å². The highest BCUT2D eigenvalue weighted by atomic mass is 32.1. The number of rotatable bonds is 7. The molecule has 7 nitrogen and oxygen atoms in total. The second-order valence-corrected chi connectivity index (χ2v) is 8.35. The number of hydrogen-bond acceptors (Lipinski definition) is 7. The maximum Gasteiger partial charge on any atom is 0.272 e. The number of carbonyl (C=O) groups excluding carboxylic acids is 1. The van der Waals surface area contributed by atoms with Crippen molar-refractivity contribution in [3.8, 4) is 21.8 Å². The largest absolute Gasteiger partial charge is 0.369 e. The first-order valence-electron chi connectivity index (χ1n) is 9.71. The Hall–Kier alpha value is -3.24. The van der Waals surface area contributed by atoms with Crippen LogP contribution < -0.4 is 5.32 Å². The first-order chi connectivity index (χ1) is 15.0. The van der Waals surface area contributed by atoms with Crippen molar-refractivity contribution in [3.05, 3.63) is 53.7 Å². The van der Waals surface area contributed by atoms with E-state index in [4.69, 9.17) is 4.98 Å². The zero-order chi connectivity index (χ0) is 21.4. The van der Waals surface area contributed by atoms with Gasteiger partial charge in [0, 0.05) is 24.8 Å². The molecule has 0 bridgehead atoms. The van der Waals surface area contributed by atoms with Crippen LogP contribution in [0.1, 0.15) is 10.4 Å². The van der Waals surface area contributed by atoms with Crippen LogP contribution in [0.4, 0.5) is 14.6 Å². The van der Waals surface area contributed by atoms with Crippen LogP contribution in [-0.2, 0) is 0 Å². The normalized spacial score (nSPS) is 15.7. The summed E-state index contributed by atoms with van der Waals surface area (Å²) in [6.07, 6.45) is 4.26. The fraction of sp³-hybridized carbons (Fsp3) is 0.238. The Morgan fingerprint density at radius 3 is 2.81 bits per heavy atom. The molecule has 0 aliphatic carbocycles. The monoisotopic (exact) mass is 440 g/mol. The molecule has 0 radical (unpaired) electrons. The summed E-state index contributed by atoms with van der Waals surface area (Å²) in [7, 11) is 0. The molecule has 0 aromatic carbocycles. The number of anilines is 1. The SMILES string of the molecule is O=Cc1cc(NCCN2CC(F)(F)C2)nc(-c2cnn3ccc(-c4cccs4)nc23)c1. The number of pyridine rings is 1. The van der Waals surface area contributed by atoms with E-state index in [0.29, 0.717) is 41.4 Å². The summed E-state index contributed by atoms with van der Waals surface area (Å²) in [5, 5.41) is 9.47. The maximum atomic E-state index is 13.0. The van der Waals surface area contributed by atoms with Gasteiger partial charge in [0.1, 0.15) is 12.1 Å². The van der Waals surface area contributed by atoms with Gasteiger partial charge in [0.2, 0.25) is 0 Å². The van der Waals surface area contributed by atoms with Crippen molar-refractivity contribution >= 4 is 29.1 Å². The predicted octanol–water partition coefficient (Wildman–Crippen LogP) is 3.70. The van der Waals surface area contributed by atoms with Crippen molar-refractivity contribution in [1.29, 1.82) is 0 Å². The van der Waals surface area contributed by atoms with Gasteiger partial charge in [0.05, 0.1) is 41.1 Å². The number of aldehydes is 1. The lowest BCUT2D eigenvalue weighted by Gasteiger charge is -2.38. The van der Waals surface area contributed by atoms with Gasteiger partial charge >= 0.3 is 0 Å². The topological polar surface area (TPSA) is 75.4 Å². The van der Waals surface area contributed by atoms with E-state index < -0.39 is 5.92 Å². The number of thiophene rings is 1. The molecule has 4 aromatic rings. The highest BCUT2D eigenvalue weighted by Crippen LogP contribution is 2.28. The van der Waals surface area contributed by atoms with Crippen LogP contribution >= 0.6 is 11.3 Å². The molecule has 5 rings (SSSR count). The highest BCUT2D eigenvalue weighted by molar-refractivity contribution is 7.13. The molecule has 1 saturated heterocycles. The molecule has 0 unspecified atom stereocenters. The van der Waals surface area contributed by atoms with Gasteiger partial charge < -0.3 is 5.32 Å². The zero-order valence-corrected chi connectivity index (χ0v) is 17.1. The minimum Gasteiger partial charge on any atom is -0.369 e. The number of likely N-dealkylation sites (tertiary alicyclic amines) is 1. The van der Waals surface area contributed by atoms with E-state index in [0.717, 1.165) is 16.9 Å². The number of hydrogen-bond donors (Lipinski definition) is 1. The van der Waals surface area contributed by atoms with Crippen LogP contribution in [0.5, 0.6) is 0 Å².